The number of nitrogens with zero attached hydrogens (tertiary/aromatic N) is 1. The average Bonchev–Trinajstić information content (AvgIpc) is 2.67. The average molecular weight is 384 g/mol. The minimum Gasteiger partial charge on any atom is -0.465 e. The summed E-state index contributed by atoms with van der Waals surface area (Å²) in [5, 5.41) is 3.48. The van der Waals surface area contributed by atoms with E-state index in [1.54, 1.807) is 0 Å². The van der Waals surface area contributed by atoms with Gasteiger partial charge in [0.15, 0.2) is 0 Å². The molecule has 0 aromatic heterocycles. The molecule has 150 valence electrons. The van der Waals surface area contributed by atoms with E-state index >= 15 is 0 Å². The third-order valence-electron chi connectivity index (χ3n) is 5.73. The third kappa shape index (κ3) is 4.53. The molecule has 2 aromatic rings. The zero-order chi connectivity index (χ0) is 20.3. The zero-order valence-corrected chi connectivity index (χ0v) is 17.0. The largest absolute Gasteiger partial charge is 0.465 e. The summed E-state index contributed by atoms with van der Waals surface area (Å²) in [6, 6.07) is 14.2. The predicted octanol–water partition coefficient (Wildman–Crippen LogP) is 4.77. The molecule has 1 aliphatic heterocycles. The van der Waals surface area contributed by atoms with E-state index in [4.69, 9.17) is 4.74 Å². The van der Waals surface area contributed by atoms with E-state index in [0.29, 0.717) is 17.8 Å². The van der Waals surface area contributed by atoms with Gasteiger partial charge in [0.05, 0.1) is 12.7 Å². The Hall–Kier alpha value is -2.40. The number of likely N-dealkylation sites (tertiary alicyclic amines) is 1. The van der Waals surface area contributed by atoms with Crippen LogP contribution in [0.4, 0.5) is 10.1 Å². The number of carbonyl (C=O) groups excluding carboxylic acids is 1. The van der Waals surface area contributed by atoms with E-state index < -0.39 is 11.8 Å². The monoisotopic (exact) mass is 384 g/mol. The summed E-state index contributed by atoms with van der Waals surface area (Å²) >= 11 is 0. The lowest BCUT2D eigenvalue weighted by molar-refractivity contribution is 0.0599. The van der Waals surface area contributed by atoms with Crippen molar-refractivity contribution in [2.75, 3.05) is 12.4 Å². The van der Waals surface area contributed by atoms with Crippen LogP contribution < -0.4 is 5.32 Å². The smallest absolute Gasteiger partial charge is 0.338 e. The van der Waals surface area contributed by atoms with Gasteiger partial charge in [0, 0.05) is 30.4 Å². The molecule has 0 amide bonds. The second kappa shape index (κ2) is 8.74. The third-order valence-corrected chi connectivity index (χ3v) is 5.73. The number of benzene rings is 2. The van der Waals surface area contributed by atoms with Gasteiger partial charge in [-0.05, 0) is 56.9 Å². The number of ether oxygens (including phenoxy) is 1. The number of hydrogen-bond donors (Lipinski definition) is 1. The Kier molecular flexibility index (Phi) is 6.35. The number of methoxy groups -OCH3 is 1. The molecule has 0 saturated carbocycles. The van der Waals surface area contributed by atoms with Gasteiger partial charge >= 0.3 is 5.97 Å². The second-order valence-electron chi connectivity index (χ2n) is 7.79. The van der Waals surface area contributed by atoms with Gasteiger partial charge in [0.2, 0.25) is 0 Å². The molecule has 0 bridgehead atoms. The maximum Gasteiger partial charge on any atom is 0.338 e. The van der Waals surface area contributed by atoms with Gasteiger partial charge in [-0.2, -0.15) is 0 Å². The molecule has 2 aromatic carbocycles. The Morgan fingerprint density at radius 3 is 2.43 bits per heavy atom. The molecule has 3 rings (SSSR count). The Balaban J connectivity index is 1.72. The number of nitrogens with one attached hydrogen (secondary N) is 1. The minimum absolute atomic E-state index is 0.225. The summed E-state index contributed by atoms with van der Waals surface area (Å²) in [6.45, 7) is 7.24. The number of esters is 1. The highest BCUT2D eigenvalue weighted by molar-refractivity contribution is 5.92. The first-order valence-corrected chi connectivity index (χ1v) is 9.83. The lowest BCUT2D eigenvalue weighted by atomic mass is 9.91. The molecule has 0 radical (unpaired) electrons. The number of halogens is 1. The molecule has 0 spiro atoms. The molecular formula is C23H29FN2O2. The van der Waals surface area contributed by atoms with Gasteiger partial charge in [-0.3, -0.25) is 4.90 Å². The van der Waals surface area contributed by atoms with Crippen LogP contribution in [-0.4, -0.2) is 36.1 Å². The summed E-state index contributed by atoms with van der Waals surface area (Å²) in [4.78, 5) is 14.4. The molecule has 4 nitrogen and oxygen atoms in total. The molecule has 28 heavy (non-hydrogen) atoms. The van der Waals surface area contributed by atoms with Crippen LogP contribution in [0.3, 0.4) is 0 Å². The molecule has 0 aliphatic carbocycles. The van der Waals surface area contributed by atoms with Crippen molar-refractivity contribution in [3.63, 3.8) is 0 Å². The van der Waals surface area contributed by atoms with E-state index in [-0.39, 0.29) is 11.6 Å². The van der Waals surface area contributed by atoms with Gasteiger partial charge in [-0.15, -0.1) is 0 Å². The first-order valence-electron chi connectivity index (χ1n) is 9.83. The lowest BCUT2D eigenvalue weighted by Crippen LogP contribution is -2.49. The summed E-state index contributed by atoms with van der Waals surface area (Å²) in [7, 11) is 1.31. The van der Waals surface area contributed by atoms with Crippen molar-refractivity contribution in [3.8, 4) is 0 Å². The molecule has 3 atom stereocenters. The molecule has 1 fully saturated rings. The number of hydrogen-bond acceptors (Lipinski definition) is 4. The van der Waals surface area contributed by atoms with E-state index in [0.717, 1.165) is 24.9 Å². The van der Waals surface area contributed by atoms with Crippen LogP contribution in [0.5, 0.6) is 0 Å². The first-order chi connectivity index (χ1) is 13.4. The highest BCUT2D eigenvalue weighted by atomic mass is 19.1. The quantitative estimate of drug-likeness (QED) is 0.754. The fourth-order valence-electron chi connectivity index (χ4n) is 4.22. The lowest BCUT2D eigenvalue weighted by Gasteiger charge is -2.43. The molecule has 1 heterocycles. The Labute approximate surface area is 166 Å². The van der Waals surface area contributed by atoms with Crippen molar-refractivity contribution in [1.29, 1.82) is 0 Å². The molecule has 1 N–H and O–H groups in total. The predicted molar refractivity (Wildman–Crippen MR) is 110 cm³/mol. The van der Waals surface area contributed by atoms with Gasteiger partial charge in [0.25, 0.3) is 0 Å². The van der Waals surface area contributed by atoms with E-state index in [2.05, 4.69) is 48.3 Å². The number of piperidine rings is 1. The van der Waals surface area contributed by atoms with Crippen molar-refractivity contribution in [2.45, 2.75) is 58.3 Å². The number of anilines is 1. The van der Waals surface area contributed by atoms with Crippen molar-refractivity contribution < 1.29 is 13.9 Å². The second-order valence-corrected chi connectivity index (χ2v) is 7.79. The fraction of sp³-hybridized carbons (Fsp3) is 0.435. The maximum atomic E-state index is 14.1. The van der Waals surface area contributed by atoms with Gasteiger partial charge < -0.3 is 10.1 Å². The van der Waals surface area contributed by atoms with Crippen molar-refractivity contribution in [1.82, 2.24) is 4.90 Å². The van der Waals surface area contributed by atoms with Crippen LogP contribution in [0, 0.1) is 12.7 Å². The molecule has 5 heteroatoms. The van der Waals surface area contributed by atoms with Crippen LogP contribution in [0.1, 0.15) is 48.2 Å². The van der Waals surface area contributed by atoms with Crippen molar-refractivity contribution >= 4 is 11.7 Å². The van der Waals surface area contributed by atoms with Gasteiger partial charge in [-0.25, -0.2) is 9.18 Å². The van der Waals surface area contributed by atoms with Crippen LogP contribution in [0.2, 0.25) is 0 Å². The summed E-state index contributed by atoms with van der Waals surface area (Å²) in [5.74, 6) is -0.949. The summed E-state index contributed by atoms with van der Waals surface area (Å²) < 4.78 is 18.8. The van der Waals surface area contributed by atoms with Crippen molar-refractivity contribution in [3.05, 3.63) is 65.0 Å². The highest BCUT2D eigenvalue weighted by Crippen LogP contribution is 2.29. The van der Waals surface area contributed by atoms with Crippen LogP contribution in [0.25, 0.3) is 0 Å². The zero-order valence-electron chi connectivity index (χ0n) is 17.0. The maximum absolute atomic E-state index is 14.1. The molecule has 0 unspecified atom stereocenters. The Bertz CT molecular complexity index is 813. The fourth-order valence-corrected chi connectivity index (χ4v) is 4.22. The molecular weight excluding hydrogens is 355 g/mol. The van der Waals surface area contributed by atoms with Gasteiger partial charge in [-0.1, -0.05) is 30.3 Å². The van der Waals surface area contributed by atoms with E-state index in [9.17, 15) is 9.18 Å². The Morgan fingerprint density at radius 1 is 1.18 bits per heavy atom. The number of rotatable bonds is 5. The standard InChI is InChI=1S/C23H29FN2O2/c1-15-10-20(11-16(2)26(15)14-18-8-6-5-7-9-18)25-22-13-19(24)12-21(17(22)3)23(27)28-4/h5-9,12-13,15-16,20,25H,10-11,14H2,1-4H3/t15-,16+,20+. The highest BCUT2D eigenvalue weighted by Gasteiger charge is 2.31. The first kappa shape index (κ1) is 20.3. The summed E-state index contributed by atoms with van der Waals surface area (Å²) in [6.07, 6.45) is 1.92. The van der Waals surface area contributed by atoms with Crippen LogP contribution in [0.15, 0.2) is 42.5 Å². The summed E-state index contributed by atoms with van der Waals surface area (Å²) in [5.41, 5.74) is 2.98. The normalized spacial score (nSPS) is 22.7. The van der Waals surface area contributed by atoms with Crippen molar-refractivity contribution in [2.24, 2.45) is 0 Å². The topological polar surface area (TPSA) is 41.6 Å². The molecule has 1 aliphatic rings. The van der Waals surface area contributed by atoms with Crippen LogP contribution in [-0.2, 0) is 11.3 Å². The molecule has 1 saturated heterocycles. The SMILES string of the molecule is COC(=O)c1cc(F)cc(N[C@H]2C[C@@H](C)N(Cc3ccccc3)[C@@H](C)C2)c1C. The number of carbonyl (C=O) groups is 1. The van der Waals surface area contributed by atoms with Gasteiger partial charge in [0.1, 0.15) is 5.82 Å². The van der Waals surface area contributed by atoms with E-state index in [1.807, 2.05) is 13.0 Å². The Morgan fingerprint density at radius 2 is 1.82 bits per heavy atom. The van der Waals surface area contributed by atoms with E-state index in [1.165, 1.54) is 24.8 Å². The van der Waals surface area contributed by atoms with Crippen LogP contribution >= 0.6 is 0 Å². The minimum atomic E-state index is -0.514.